The second-order valence-corrected chi connectivity index (χ2v) is 12.1. The van der Waals surface area contributed by atoms with Gasteiger partial charge >= 0.3 is 0 Å². The number of nitrogens with zero attached hydrogens (tertiary/aromatic N) is 4. The average Bonchev–Trinajstić information content (AvgIpc) is 3.49. The first kappa shape index (κ1) is 31.6. The van der Waals surface area contributed by atoms with Crippen LogP contribution in [-0.4, -0.2) is 67.1 Å². The minimum Gasteiger partial charge on any atom is -0.497 e. The molecule has 5 aromatic rings. The van der Waals surface area contributed by atoms with Crippen LogP contribution in [0.1, 0.15) is 37.5 Å². The van der Waals surface area contributed by atoms with Gasteiger partial charge in [-0.15, -0.1) is 0 Å². The maximum atomic E-state index is 14.4. The number of aromatic nitrogens is 1. The van der Waals surface area contributed by atoms with Crippen LogP contribution in [0, 0.1) is 6.92 Å². The smallest absolute Gasteiger partial charge is 0.264 e. The minimum absolute atomic E-state index is 0.0268. The molecule has 0 fully saturated rings. The van der Waals surface area contributed by atoms with E-state index >= 15 is 0 Å². The first-order valence-electron chi connectivity index (χ1n) is 15.7. The van der Waals surface area contributed by atoms with Crippen molar-refractivity contribution in [3.63, 3.8) is 0 Å². The number of ether oxygens (including phenoxy) is 2. The zero-order chi connectivity index (χ0) is 33.1. The van der Waals surface area contributed by atoms with E-state index in [2.05, 4.69) is 23.1 Å². The van der Waals surface area contributed by atoms with E-state index < -0.39 is 0 Å². The van der Waals surface area contributed by atoms with Crippen LogP contribution >= 0.6 is 0 Å². The number of likely N-dealkylation sites (N-methyl/N-ethyl adjacent to an activating group) is 1. The summed E-state index contributed by atoms with van der Waals surface area (Å²) in [6.45, 7) is 3.26. The van der Waals surface area contributed by atoms with Crippen LogP contribution in [-0.2, 0) is 13.0 Å². The van der Waals surface area contributed by atoms with Gasteiger partial charge < -0.3 is 23.8 Å². The number of benzene rings is 4. The largest absolute Gasteiger partial charge is 0.497 e. The van der Waals surface area contributed by atoms with E-state index in [1.807, 2.05) is 122 Å². The molecule has 0 saturated heterocycles. The summed E-state index contributed by atoms with van der Waals surface area (Å²) in [5.41, 5.74) is 6.52. The Bertz CT molecular complexity index is 1830. The van der Waals surface area contributed by atoms with Gasteiger partial charge in [0, 0.05) is 42.4 Å². The highest BCUT2D eigenvalue weighted by molar-refractivity contribution is 6.11. The Labute approximate surface area is 276 Å². The van der Waals surface area contributed by atoms with Gasteiger partial charge in [0.1, 0.15) is 11.5 Å². The highest BCUT2D eigenvalue weighted by Crippen LogP contribution is 2.32. The predicted molar refractivity (Wildman–Crippen MR) is 185 cm³/mol. The number of hydrogen-bond acceptors (Lipinski definition) is 5. The molecule has 0 unspecified atom stereocenters. The van der Waals surface area contributed by atoms with Crippen molar-refractivity contribution in [3.05, 3.63) is 137 Å². The Hall–Kier alpha value is -5.34. The van der Waals surface area contributed by atoms with Crippen LogP contribution in [0.4, 0.5) is 11.4 Å². The molecule has 6 rings (SSSR count). The summed E-state index contributed by atoms with van der Waals surface area (Å²) in [5.74, 6) is 1.17. The molecule has 0 aliphatic carbocycles. The summed E-state index contributed by atoms with van der Waals surface area (Å²) in [4.78, 5) is 34.6. The molecule has 47 heavy (non-hydrogen) atoms. The maximum absolute atomic E-state index is 14.4. The Morgan fingerprint density at radius 1 is 0.787 bits per heavy atom. The molecule has 8 nitrogen and oxygen atoms in total. The monoisotopic (exact) mass is 628 g/mol. The minimum atomic E-state index is -0.204. The summed E-state index contributed by atoms with van der Waals surface area (Å²) in [6.07, 6.45) is 2.63. The lowest BCUT2D eigenvalue weighted by atomic mass is 9.93. The second-order valence-electron chi connectivity index (χ2n) is 12.1. The number of rotatable bonds is 9. The van der Waals surface area contributed by atoms with Crippen molar-refractivity contribution in [1.82, 2.24) is 14.4 Å². The average molecular weight is 629 g/mol. The van der Waals surface area contributed by atoms with Crippen molar-refractivity contribution in [3.8, 4) is 17.2 Å². The zero-order valence-electron chi connectivity index (χ0n) is 27.5. The molecule has 1 aliphatic rings. The maximum Gasteiger partial charge on any atom is 0.264 e. The standard InChI is InChI=1S/C39H40N4O4/c1-27-22-30(38(44)43(31-14-18-34(46-4)19-15-31)32-16-20-35(47-5)21-17-32)25-41(27)37-13-9-8-12-36(37)39(45)42-24-29-11-7-6-10-28(29)23-33(42)26-40(2)3/h6-22,25,33H,23-24,26H2,1-5H3/t33-/m0/s1. The molecule has 0 bridgehead atoms. The molecule has 2 heterocycles. The van der Waals surface area contributed by atoms with Crippen molar-refractivity contribution in [2.75, 3.05) is 39.8 Å². The topological polar surface area (TPSA) is 67.2 Å². The number of hydrogen-bond donors (Lipinski definition) is 0. The van der Waals surface area contributed by atoms with E-state index in [1.165, 1.54) is 11.1 Å². The van der Waals surface area contributed by atoms with Gasteiger partial charge in [0.2, 0.25) is 0 Å². The lowest BCUT2D eigenvalue weighted by Gasteiger charge is -2.38. The first-order chi connectivity index (χ1) is 22.8. The lowest BCUT2D eigenvalue weighted by Crippen LogP contribution is -2.49. The van der Waals surface area contributed by atoms with Crippen LogP contribution in [0.2, 0.25) is 0 Å². The van der Waals surface area contributed by atoms with E-state index in [4.69, 9.17) is 9.47 Å². The molecule has 4 aromatic carbocycles. The number of carbonyl (C=O) groups excluding carboxylic acids is 2. The Morgan fingerprint density at radius 3 is 1.96 bits per heavy atom. The molecule has 2 amide bonds. The molecule has 1 aliphatic heterocycles. The fraction of sp³-hybridized carbons (Fsp3) is 0.231. The van der Waals surface area contributed by atoms with Gasteiger partial charge in [-0.25, -0.2) is 0 Å². The molecule has 240 valence electrons. The van der Waals surface area contributed by atoms with E-state index in [0.29, 0.717) is 40.5 Å². The number of anilines is 2. The van der Waals surface area contributed by atoms with Crippen LogP contribution < -0.4 is 14.4 Å². The molecular formula is C39H40N4O4. The van der Waals surface area contributed by atoms with E-state index in [0.717, 1.165) is 24.3 Å². The summed E-state index contributed by atoms with van der Waals surface area (Å²) in [6, 6.07) is 32.7. The highest BCUT2D eigenvalue weighted by atomic mass is 16.5. The summed E-state index contributed by atoms with van der Waals surface area (Å²) >= 11 is 0. The second kappa shape index (κ2) is 13.6. The molecular weight excluding hydrogens is 588 g/mol. The molecule has 0 radical (unpaired) electrons. The molecule has 8 heteroatoms. The molecule has 0 saturated carbocycles. The van der Waals surface area contributed by atoms with Crippen molar-refractivity contribution < 1.29 is 19.1 Å². The normalized spacial score (nSPS) is 14.1. The fourth-order valence-corrected chi connectivity index (χ4v) is 6.35. The Kier molecular flexibility index (Phi) is 9.13. The van der Waals surface area contributed by atoms with Gasteiger partial charge in [-0.1, -0.05) is 36.4 Å². The summed E-state index contributed by atoms with van der Waals surface area (Å²) in [7, 11) is 7.31. The van der Waals surface area contributed by atoms with Gasteiger partial charge in [0.25, 0.3) is 11.8 Å². The van der Waals surface area contributed by atoms with Gasteiger partial charge in [0.15, 0.2) is 0 Å². The highest BCUT2D eigenvalue weighted by Gasteiger charge is 2.32. The molecule has 0 spiro atoms. The van der Waals surface area contributed by atoms with Gasteiger partial charge in [-0.2, -0.15) is 0 Å². The number of aryl methyl sites for hydroxylation is 1. The number of para-hydroxylation sites is 1. The first-order valence-corrected chi connectivity index (χ1v) is 15.7. The Balaban J connectivity index is 1.36. The van der Waals surface area contributed by atoms with Crippen LogP contribution in [0.25, 0.3) is 5.69 Å². The van der Waals surface area contributed by atoms with Crippen LogP contribution in [0.15, 0.2) is 109 Å². The summed E-state index contributed by atoms with van der Waals surface area (Å²) in [5, 5.41) is 0. The number of fused-ring (bicyclic) bond motifs is 1. The van der Waals surface area contributed by atoms with Crippen molar-refractivity contribution >= 4 is 23.2 Å². The predicted octanol–water partition coefficient (Wildman–Crippen LogP) is 6.91. The third-order valence-corrected chi connectivity index (χ3v) is 8.71. The van der Waals surface area contributed by atoms with Gasteiger partial charge in [-0.05, 0) is 105 Å². The van der Waals surface area contributed by atoms with Gasteiger partial charge in [0.05, 0.1) is 31.0 Å². The molecule has 0 N–H and O–H groups in total. The third-order valence-electron chi connectivity index (χ3n) is 8.71. The van der Waals surface area contributed by atoms with Crippen molar-refractivity contribution in [2.45, 2.75) is 25.9 Å². The van der Waals surface area contributed by atoms with Crippen molar-refractivity contribution in [2.24, 2.45) is 0 Å². The van der Waals surface area contributed by atoms with Gasteiger partial charge in [-0.3, -0.25) is 14.5 Å². The van der Waals surface area contributed by atoms with Crippen molar-refractivity contribution in [1.29, 1.82) is 0 Å². The third kappa shape index (κ3) is 6.50. The van der Waals surface area contributed by atoms with E-state index in [1.54, 1.807) is 19.1 Å². The van der Waals surface area contributed by atoms with Crippen LogP contribution in [0.3, 0.4) is 0 Å². The van der Waals surface area contributed by atoms with E-state index in [9.17, 15) is 9.59 Å². The van der Waals surface area contributed by atoms with E-state index in [-0.39, 0.29) is 17.9 Å². The SMILES string of the molecule is COc1ccc(N(C(=O)c2cc(C)n(-c3ccccc3C(=O)N3Cc4ccccc4C[C@H]3CN(C)C)c2)c2ccc(OC)cc2)cc1. The summed E-state index contributed by atoms with van der Waals surface area (Å²) < 4.78 is 12.7. The quantitative estimate of drug-likeness (QED) is 0.178. The fourth-order valence-electron chi connectivity index (χ4n) is 6.35. The molecule has 1 atom stereocenters. The zero-order valence-corrected chi connectivity index (χ0v) is 27.5. The van der Waals surface area contributed by atoms with Crippen LogP contribution in [0.5, 0.6) is 11.5 Å². The number of methoxy groups -OCH3 is 2. The number of amides is 2. The molecule has 1 aromatic heterocycles. The lowest BCUT2D eigenvalue weighted by molar-refractivity contribution is 0.0606. The Morgan fingerprint density at radius 2 is 1.36 bits per heavy atom. The number of carbonyl (C=O) groups is 2.